The number of rotatable bonds is 0. The van der Waals surface area contributed by atoms with Crippen molar-refractivity contribution in [1.29, 1.82) is 0 Å². The third-order valence-corrected chi connectivity index (χ3v) is 1.19. The molecule has 1 radical (unpaired) electrons. The number of oxazole rings is 1. The van der Waals surface area contributed by atoms with Crippen LogP contribution in [0.3, 0.4) is 0 Å². The van der Waals surface area contributed by atoms with Crippen molar-refractivity contribution in [2.75, 3.05) is 0 Å². The first-order chi connectivity index (χ1) is 5.47. The fraction of sp³-hybridized carbons (Fsp3) is 0.222. The Bertz CT molecular complexity index is 299. The van der Waals surface area contributed by atoms with Gasteiger partial charge < -0.3 is 46.6 Å². The van der Waals surface area contributed by atoms with E-state index in [1.807, 2.05) is 38.1 Å². The molecule has 1 aromatic heterocycles. The Hall–Kier alpha value is 0.144. The van der Waals surface area contributed by atoms with Gasteiger partial charge in [-0.25, -0.2) is 0 Å². The molecule has 0 aliphatic carbocycles. The summed E-state index contributed by atoms with van der Waals surface area (Å²) in [4.78, 5) is 3.83. The Morgan fingerprint density at radius 3 is 2.13 bits per heavy atom. The largest absolute Gasteiger partial charge is 4.00 e. The van der Waals surface area contributed by atoms with Gasteiger partial charge in [-0.1, -0.05) is 32.0 Å². The van der Waals surface area contributed by atoms with Gasteiger partial charge in [0.1, 0.15) is 6.39 Å². The Morgan fingerprint density at radius 2 is 1.60 bits per heavy atom. The summed E-state index contributed by atoms with van der Waals surface area (Å²) in [5.41, 5.74) is 1.65. The third-order valence-electron chi connectivity index (χ3n) is 1.19. The van der Waals surface area contributed by atoms with E-state index in [2.05, 4.69) is 11.4 Å². The van der Waals surface area contributed by atoms with Crippen LogP contribution in [0, 0.1) is 6.39 Å². The van der Waals surface area contributed by atoms with Gasteiger partial charge in [0.25, 0.3) is 0 Å². The summed E-state index contributed by atoms with van der Waals surface area (Å²) in [5, 5.41) is 0. The summed E-state index contributed by atoms with van der Waals surface area (Å²) in [6.07, 6.45) is 2.41. The average Bonchev–Trinajstić information content (AvgIpc) is 2.55. The molecular weight excluding hydrogens is 295 g/mol. The van der Waals surface area contributed by atoms with Gasteiger partial charge in [0.15, 0.2) is 0 Å². The maximum atomic E-state index is 4.88. The van der Waals surface area contributed by atoms with E-state index in [0.717, 1.165) is 11.1 Å². The molecular formula is C9H10Cl3NOV. The first-order valence-corrected chi connectivity index (χ1v) is 3.68. The van der Waals surface area contributed by atoms with Crippen LogP contribution in [0.1, 0.15) is 13.8 Å². The fourth-order valence-electron chi connectivity index (χ4n) is 0.757. The minimum atomic E-state index is 0. The monoisotopic (exact) mass is 304 g/mol. The molecule has 0 atom stereocenters. The molecule has 2 rings (SSSR count). The van der Waals surface area contributed by atoms with Gasteiger partial charge in [-0.05, 0) is 11.1 Å². The van der Waals surface area contributed by atoms with Crippen LogP contribution < -0.4 is 37.2 Å². The zero-order chi connectivity index (χ0) is 8.10. The van der Waals surface area contributed by atoms with Crippen LogP contribution in [0.4, 0.5) is 0 Å². The predicted molar refractivity (Wildman–Crippen MR) is 44.2 cm³/mol. The normalized spacial score (nSPS) is 6.53. The predicted octanol–water partition coefficient (Wildman–Crippen LogP) is -6.34. The number of para-hydroxylation sites is 2. The maximum Gasteiger partial charge on any atom is 4.00 e. The molecule has 0 amide bonds. The average molecular weight is 305 g/mol. The summed E-state index contributed by atoms with van der Waals surface area (Å²) >= 11 is 0. The van der Waals surface area contributed by atoms with Gasteiger partial charge in [-0.3, -0.25) is 0 Å². The third kappa shape index (κ3) is 7.10. The second-order valence-electron chi connectivity index (χ2n) is 1.77. The van der Waals surface area contributed by atoms with Crippen LogP contribution in [0.5, 0.6) is 0 Å². The van der Waals surface area contributed by atoms with Crippen molar-refractivity contribution in [2.45, 2.75) is 13.8 Å². The minimum Gasteiger partial charge on any atom is -1.00 e. The molecule has 6 heteroatoms. The summed E-state index contributed by atoms with van der Waals surface area (Å²) in [6, 6.07) is 7.56. The molecule has 0 spiro atoms. The second kappa shape index (κ2) is 14.1. The standard InChI is InChI=1S/C7H4NO.C2H6.3ClH.V/c1-2-4-7-6(3-1)8-5-9-7;1-2;;;;/h1-4H;1-2H3;3*1H;/q-1;;;;;+4/p-3. The van der Waals surface area contributed by atoms with Gasteiger partial charge in [-0.15, -0.1) is 6.07 Å². The van der Waals surface area contributed by atoms with Gasteiger partial charge in [0, 0.05) is 0 Å². The Balaban J connectivity index is -0.0000000959. The van der Waals surface area contributed by atoms with E-state index < -0.39 is 0 Å². The molecule has 15 heavy (non-hydrogen) atoms. The van der Waals surface area contributed by atoms with E-state index in [0.29, 0.717) is 0 Å². The Labute approximate surface area is 120 Å². The van der Waals surface area contributed by atoms with Crippen molar-refractivity contribution in [2.24, 2.45) is 0 Å². The molecule has 0 aliphatic rings. The number of hydrogen-bond acceptors (Lipinski definition) is 2. The topological polar surface area (TPSA) is 26.0 Å². The van der Waals surface area contributed by atoms with Crippen LogP contribution >= 0.6 is 0 Å². The summed E-state index contributed by atoms with van der Waals surface area (Å²) in [6.45, 7) is 4.00. The molecule has 2 nitrogen and oxygen atoms in total. The van der Waals surface area contributed by atoms with Crippen molar-refractivity contribution in [3.8, 4) is 0 Å². The maximum absolute atomic E-state index is 4.88. The van der Waals surface area contributed by atoms with Crippen LogP contribution in [-0.2, 0) is 18.6 Å². The van der Waals surface area contributed by atoms with Crippen molar-refractivity contribution in [1.82, 2.24) is 4.98 Å². The summed E-state index contributed by atoms with van der Waals surface area (Å²) < 4.78 is 4.88. The second-order valence-corrected chi connectivity index (χ2v) is 1.77. The van der Waals surface area contributed by atoms with Crippen molar-refractivity contribution in [3.63, 3.8) is 0 Å². The molecule has 0 aliphatic heterocycles. The van der Waals surface area contributed by atoms with Crippen LogP contribution in [-0.4, -0.2) is 4.98 Å². The molecule has 1 aromatic carbocycles. The smallest absolute Gasteiger partial charge is 1.00 e. The first-order valence-electron chi connectivity index (χ1n) is 3.68. The zero-order valence-electron chi connectivity index (χ0n) is 8.25. The molecule has 0 fully saturated rings. The van der Waals surface area contributed by atoms with Crippen LogP contribution in [0.15, 0.2) is 28.7 Å². The minimum absolute atomic E-state index is 0. The molecule has 0 unspecified atom stereocenters. The molecule has 0 saturated carbocycles. The molecule has 0 saturated heterocycles. The van der Waals surface area contributed by atoms with Gasteiger partial charge in [0.05, 0.1) is 0 Å². The van der Waals surface area contributed by atoms with E-state index in [-0.39, 0.29) is 55.8 Å². The van der Waals surface area contributed by atoms with Gasteiger partial charge in [0.2, 0.25) is 0 Å². The van der Waals surface area contributed by atoms with E-state index in [9.17, 15) is 0 Å². The van der Waals surface area contributed by atoms with Crippen molar-refractivity contribution < 1.29 is 60.2 Å². The van der Waals surface area contributed by atoms with Gasteiger partial charge >= 0.3 is 18.6 Å². The SMILES string of the molecule is CC.[Cl-].[Cl-].[Cl-].[V+4].[c-]1nc2ccccc2o1. The Kier molecular flexibility index (Phi) is 23.0. The number of benzene rings is 1. The first kappa shape index (κ1) is 24.4. The Morgan fingerprint density at radius 1 is 1.07 bits per heavy atom. The molecule has 0 bridgehead atoms. The van der Waals surface area contributed by atoms with Crippen LogP contribution in [0.2, 0.25) is 0 Å². The quantitative estimate of drug-likeness (QED) is 0.453. The van der Waals surface area contributed by atoms with E-state index >= 15 is 0 Å². The molecule has 83 valence electrons. The molecule has 2 aromatic rings. The fourth-order valence-corrected chi connectivity index (χ4v) is 0.757. The summed E-state index contributed by atoms with van der Waals surface area (Å²) in [7, 11) is 0. The zero-order valence-corrected chi connectivity index (χ0v) is 11.9. The molecule has 1 heterocycles. The molecule has 0 N–H and O–H groups in total. The van der Waals surface area contributed by atoms with E-state index in [1.54, 1.807) is 0 Å². The van der Waals surface area contributed by atoms with Crippen molar-refractivity contribution >= 4 is 11.1 Å². The number of hydrogen-bond donors (Lipinski definition) is 0. The number of aromatic nitrogens is 1. The van der Waals surface area contributed by atoms with Crippen LogP contribution in [0.25, 0.3) is 11.1 Å². The van der Waals surface area contributed by atoms with Crippen molar-refractivity contribution in [3.05, 3.63) is 30.7 Å². The van der Waals surface area contributed by atoms with Gasteiger partial charge in [-0.2, -0.15) is 0 Å². The number of nitrogens with zero attached hydrogens (tertiary/aromatic N) is 1. The number of halogens is 3. The number of fused-ring (bicyclic) bond motifs is 1. The van der Waals surface area contributed by atoms with E-state index in [1.165, 1.54) is 0 Å². The van der Waals surface area contributed by atoms with E-state index in [4.69, 9.17) is 4.42 Å². The summed E-state index contributed by atoms with van der Waals surface area (Å²) in [5.74, 6) is 0.